The number of nitrogens with one attached hydrogen (secondary N) is 3. The van der Waals surface area contributed by atoms with Crippen LogP contribution in [0.1, 0.15) is 47.5 Å². The molecule has 1 rings (SSSR count). The van der Waals surface area contributed by atoms with Gasteiger partial charge in [0.1, 0.15) is 5.60 Å². The van der Waals surface area contributed by atoms with E-state index in [1.54, 1.807) is 14.2 Å². The van der Waals surface area contributed by atoms with Crippen LogP contribution < -0.4 is 16.0 Å². The molecule has 0 spiro atoms. The van der Waals surface area contributed by atoms with Crippen molar-refractivity contribution >= 4 is 12.1 Å². The molecule has 8 heteroatoms. The number of carbonyl (C=O) groups excluding carboxylic acids is 1. The van der Waals surface area contributed by atoms with Crippen molar-refractivity contribution in [2.75, 3.05) is 46.9 Å². The monoisotopic (exact) mass is 399 g/mol. The number of amides is 1. The standard InChI is InChI=1S/C20H41N5O3/c1-15(2)17(24-19(26)28-20(3,4)5)14-22-18(21-6)23-16-8-10-25(11-9-16)12-13-27-7/h15-17H,8-14H2,1-7H3,(H,24,26)(H2,21,22,23). The van der Waals surface area contributed by atoms with E-state index in [2.05, 4.69) is 39.7 Å². The molecule has 1 heterocycles. The van der Waals surface area contributed by atoms with Crippen LogP contribution in [0.15, 0.2) is 4.99 Å². The zero-order chi connectivity index (χ0) is 21.2. The maximum Gasteiger partial charge on any atom is 0.407 e. The highest BCUT2D eigenvalue weighted by Gasteiger charge is 2.23. The van der Waals surface area contributed by atoms with Gasteiger partial charge in [0.25, 0.3) is 0 Å². The number of ether oxygens (including phenoxy) is 2. The highest BCUT2D eigenvalue weighted by atomic mass is 16.6. The fourth-order valence-corrected chi connectivity index (χ4v) is 3.03. The fourth-order valence-electron chi connectivity index (χ4n) is 3.03. The minimum Gasteiger partial charge on any atom is -0.444 e. The van der Waals surface area contributed by atoms with Crippen LogP contribution in [0.2, 0.25) is 0 Å². The van der Waals surface area contributed by atoms with Gasteiger partial charge in [-0.3, -0.25) is 4.99 Å². The number of alkyl carbamates (subject to hydrolysis) is 1. The Balaban J connectivity index is 2.43. The third-order valence-electron chi connectivity index (χ3n) is 4.76. The molecule has 1 aliphatic heterocycles. The van der Waals surface area contributed by atoms with E-state index in [0.29, 0.717) is 12.6 Å². The number of nitrogens with zero attached hydrogens (tertiary/aromatic N) is 2. The van der Waals surface area contributed by atoms with E-state index in [4.69, 9.17) is 9.47 Å². The molecule has 1 atom stereocenters. The Kier molecular flexibility index (Phi) is 10.6. The Morgan fingerprint density at radius 3 is 2.39 bits per heavy atom. The minimum atomic E-state index is -0.505. The SMILES string of the molecule is CN=C(NCC(NC(=O)OC(C)(C)C)C(C)C)NC1CCN(CCOC)CC1. The Hall–Kier alpha value is -1.54. The predicted octanol–water partition coefficient (Wildman–Crippen LogP) is 1.81. The molecule has 1 saturated heterocycles. The number of methoxy groups -OCH3 is 1. The average Bonchev–Trinajstić information content (AvgIpc) is 2.61. The first-order valence-electron chi connectivity index (χ1n) is 10.3. The van der Waals surface area contributed by atoms with Crippen LogP contribution in [-0.2, 0) is 9.47 Å². The van der Waals surface area contributed by atoms with Gasteiger partial charge in [-0.25, -0.2) is 4.79 Å². The van der Waals surface area contributed by atoms with Crippen molar-refractivity contribution in [1.82, 2.24) is 20.9 Å². The maximum atomic E-state index is 12.1. The maximum absolute atomic E-state index is 12.1. The molecular weight excluding hydrogens is 358 g/mol. The average molecular weight is 400 g/mol. The molecule has 8 nitrogen and oxygen atoms in total. The number of likely N-dealkylation sites (tertiary alicyclic amines) is 1. The van der Waals surface area contributed by atoms with E-state index in [9.17, 15) is 4.79 Å². The van der Waals surface area contributed by atoms with Crippen LogP contribution in [0.3, 0.4) is 0 Å². The minimum absolute atomic E-state index is 0.0516. The first-order chi connectivity index (χ1) is 13.1. The topological polar surface area (TPSA) is 87.2 Å². The van der Waals surface area contributed by atoms with Crippen LogP contribution in [0.25, 0.3) is 0 Å². The van der Waals surface area contributed by atoms with Crippen molar-refractivity contribution in [2.24, 2.45) is 10.9 Å². The second-order valence-corrected chi connectivity index (χ2v) is 8.70. The molecule has 0 radical (unpaired) electrons. The van der Waals surface area contributed by atoms with Crippen LogP contribution >= 0.6 is 0 Å². The van der Waals surface area contributed by atoms with Gasteiger partial charge in [-0.05, 0) is 39.5 Å². The van der Waals surface area contributed by atoms with E-state index in [-0.39, 0.29) is 18.1 Å². The molecule has 1 fully saturated rings. The Bertz CT molecular complexity index is 483. The third-order valence-corrected chi connectivity index (χ3v) is 4.76. The van der Waals surface area contributed by atoms with Crippen molar-refractivity contribution in [1.29, 1.82) is 0 Å². The van der Waals surface area contributed by atoms with Gasteiger partial charge in [-0.1, -0.05) is 13.8 Å². The zero-order valence-electron chi connectivity index (χ0n) is 18.8. The second kappa shape index (κ2) is 12.1. The second-order valence-electron chi connectivity index (χ2n) is 8.70. The van der Waals surface area contributed by atoms with E-state index in [0.717, 1.165) is 45.0 Å². The van der Waals surface area contributed by atoms with Gasteiger partial charge in [0.2, 0.25) is 0 Å². The van der Waals surface area contributed by atoms with Gasteiger partial charge >= 0.3 is 6.09 Å². The van der Waals surface area contributed by atoms with E-state index in [1.165, 1.54) is 0 Å². The molecule has 164 valence electrons. The molecule has 0 aromatic carbocycles. The summed E-state index contributed by atoms with van der Waals surface area (Å²) in [5, 5.41) is 9.81. The highest BCUT2D eigenvalue weighted by Crippen LogP contribution is 2.10. The van der Waals surface area contributed by atoms with Crippen LogP contribution in [0, 0.1) is 5.92 Å². The summed E-state index contributed by atoms with van der Waals surface area (Å²) in [5.74, 6) is 1.04. The summed E-state index contributed by atoms with van der Waals surface area (Å²) in [7, 11) is 3.51. The zero-order valence-corrected chi connectivity index (χ0v) is 18.8. The van der Waals surface area contributed by atoms with Crippen molar-refractivity contribution in [3.8, 4) is 0 Å². The van der Waals surface area contributed by atoms with Gasteiger partial charge in [-0.2, -0.15) is 0 Å². The van der Waals surface area contributed by atoms with Crippen molar-refractivity contribution < 1.29 is 14.3 Å². The lowest BCUT2D eigenvalue weighted by molar-refractivity contribution is 0.0491. The number of carbonyl (C=O) groups is 1. The molecule has 0 aliphatic carbocycles. The van der Waals surface area contributed by atoms with Gasteiger partial charge in [0, 0.05) is 46.4 Å². The van der Waals surface area contributed by atoms with Crippen molar-refractivity contribution in [3.05, 3.63) is 0 Å². The fraction of sp³-hybridized carbons (Fsp3) is 0.900. The Morgan fingerprint density at radius 2 is 1.89 bits per heavy atom. The van der Waals surface area contributed by atoms with Gasteiger partial charge in [0.15, 0.2) is 5.96 Å². The molecular formula is C20H41N5O3. The van der Waals surface area contributed by atoms with Crippen molar-refractivity contribution in [3.63, 3.8) is 0 Å². The van der Waals surface area contributed by atoms with Crippen LogP contribution in [0.4, 0.5) is 4.79 Å². The first-order valence-corrected chi connectivity index (χ1v) is 10.3. The lowest BCUT2D eigenvalue weighted by Crippen LogP contribution is -2.53. The van der Waals surface area contributed by atoms with E-state index >= 15 is 0 Å². The number of aliphatic imine (C=N–C) groups is 1. The van der Waals surface area contributed by atoms with Crippen LogP contribution in [0.5, 0.6) is 0 Å². The molecule has 1 aliphatic rings. The molecule has 3 N–H and O–H groups in total. The summed E-state index contributed by atoms with van der Waals surface area (Å²) in [6.45, 7) is 14.2. The smallest absolute Gasteiger partial charge is 0.407 e. The first kappa shape index (κ1) is 24.5. The van der Waals surface area contributed by atoms with Crippen LogP contribution in [-0.4, -0.2) is 81.6 Å². The Labute approximate surface area is 170 Å². The molecule has 1 amide bonds. The summed E-state index contributed by atoms with van der Waals surface area (Å²) < 4.78 is 10.5. The predicted molar refractivity (Wildman–Crippen MR) is 114 cm³/mol. The summed E-state index contributed by atoms with van der Waals surface area (Å²) in [6, 6.07) is 0.352. The molecule has 0 aromatic heterocycles. The molecule has 0 aromatic rings. The number of hydrogen-bond donors (Lipinski definition) is 3. The summed E-state index contributed by atoms with van der Waals surface area (Å²) in [6.07, 6.45) is 1.77. The quantitative estimate of drug-likeness (QED) is 0.426. The molecule has 1 unspecified atom stereocenters. The lowest BCUT2D eigenvalue weighted by Gasteiger charge is -2.33. The Morgan fingerprint density at radius 1 is 1.25 bits per heavy atom. The highest BCUT2D eigenvalue weighted by molar-refractivity contribution is 5.80. The molecule has 28 heavy (non-hydrogen) atoms. The van der Waals surface area contributed by atoms with Gasteiger partial charge in [0.05, 0.1) is 12.6 Å². The van der Waals surface area contributed by atoms with E-state index in [1.807, 2.05) is 20.8 Å². The number of rotatable bonds is 8. The largest absolute Gasteiger partial charge is 0.444 e. The van der Waals surface area contributed by atoms with Gasteiger partial charge in [-0.15, -0.1) is 0 Å². The third kappa shape index (κ3) is 10.1. The number of piperidine rings is 1. The lowest BCUT2D eigenvalue weighted by atomic mass is 10.0. The summed E-state index contributed by atoms with van der Waals surface area (Å²) in [4.78, 5) is 18.9. The molecule has 0 bridgehead atoms. The summed E-state index contributed by atoms with van der Waals surface area (Å²) >= 11 is 0. The molecule has 0 saturated carbocycles. The van der Waals surface area contributed by atoms with Crippen molar-refractivity contribution in [2.45, 2.75) is 65.1 Å². The van der Waals surface area contributed by atoms with Gasteiger partial charge < -0.3 is 30.3 Å². The number of guanidine groups is 1. The normalized spacial score (nSPS) is 18.1. The number of hydrogen-bond acceptors (Lipinski definition) is 5. The summed E-state index contributed by atoms with van der Waals surface area (Å²) in [5.41, 5.74) is -0.505. The van der Waals surface area contributed by atoms with E-state index < -0.39 is 5.60 Å².